The molecule has 0 unspecified atom stereocenters. The fraction of sp³-hybridized carbons (Fsp3) is 0.619. The van der Waals surface area contributed by atoms with Crippen molar-refractivity contribution in [2.75, 3.05) is 26.2 Å². The maximum Gasteiger partial charge on any atom is 0.317 e. The van der Waals surface area contributed by atoms with Gasteiger partial charge in [-0.05, 0) is 64.8 Å². The number of phenols is 1. The monoisotopic (exact) mass is 388 g/mol. The lowest BCUT2D eigenvalue weighted by atomic mass is 9.80. The number of carbonyl (C=O) groups is 2. The van der Waals surface area contributed by atoms with E-state index in [9.17, 15) is 14.7 Å². The van der Waals surface area contributed by atoms with Crippen LogP contribution in [0.1, 0.15) is 50.9 Å². The van der Waals surface area contributed by atoms with Crippen molar-refractivity contribution >= 4 is 11.9 Å². The first-order valence-corrected chi connectivity index (χ1v) is 9.98. The summed E-state index contributed by atoms with van der Waals surface area (Å²) in [4.78, 5) is 28.9. The average Bonchev–Trinajstić information content (AvgIpc) is 2.59. The number of hydrogen-bond donors (Lipinski definition) is 3. The van der Waals surface area contributed by atoms with Crippen molar-refractivity contribution in [1.82, 2.24) is 20.4 Å². The van der Waals surface area contributed by atoms with Crippen molar-refractivity contribution in [2.24, 2.45) is 0 Å². The molecule has 2 aliphatic heterocycles. The van der Waals surface area contributed by atoms with Gasteiger partial charge in [-0.1, -0.05) is 0 Å². The van der Waals surface area contributed by atoms with Gasteiger partial charge in [0, 0.05) is 48.9 Å². The molecule has 0 aliphatic carbocycles. The normalized spacial score (nSPS) is 22.0. The van der Waals surface area contributed by atoms with Gasteiger partial charge in [0.2, 0.25) is 0 Å². The Hall–Kier alpha value is -2.28. The van der Waals surface area contributed by atoms with E-state index in [2.05, 4.69) is 38.3 Å². The van der Waals surface area contributed by atoms with E-state index in [1.54, 1.807) is 21.9 Å². The molecule has 1 aromatic carbocycles. The quantitative estimate of drug-likeness (QED) is 0.725. The van der Waals surface area contributed by atoms with Crippen LogP contribution in [-0.4, -0.2) is 70.1 Å². The van der Waals surface area contributed by atoms with E-state index in [0.717, 1.165) is 12.8 Å². The second kappa shape index (κ2) is 7.62. The third kappa shape index (κ3) is 4.95. The molecule has 7 nitrogen and oxygen atoms in total. The number of benzene rings is 1. The van der Waals surface area contributed by atoms with E-state index in [4.69, 9.17) is 0 Å². The summed E-state index contributed by atoms with van der Waals surface area (Å²) in [6, 6.07) is 6.36. The smallest absolute Gasteiger partial charge is 0.317 e. The maximum absolute atomic E-state index is 12.7. The number of hydrogen-bond acceptors (Lipinski definition) is 4. The van der Waals surface area contributed by atoms with Crippen LogP contribution >= 0.6 is 0 Å². The largest absolute Gasteiger partial charge is 0.508 e. The van der Waals surface area contributed by atoms with Gasteiger partial charge in [-0.15, -0.1) is 0 Å². The highest BCUT2D eigenvalue weighted by Crippen LogP contribution is 2.28. The summed E-state index contributed by atoms with van der Waals surface area (Å²) in [5.74, 6) is 0.0734. The predicted molar refractivity (Wildman–Crippen MR) is 108 cm³/mol. The highest BCUT2D eigenvalue weighted by molar-refractivity contribution is 5.94. The van der Waals surface area contributed by atoms with Crippen molar-refractivity contribution in [1.29, 1.82) is 0 Å². The van der Waals surface area contributed by atoms with Gasteiger partial charge in [-0.2, -0.15) is 0 Å². The minimum Gasteiger partial charge on any atom is -0.508 e. The van der Waals surface area contributed by atoms with Crippen molar-refractivity contribution in [3.63, 3.8) is 0 Å². The van der Waals surface area contributed by atoms with Crippen LogP contribution in [0.3, 0.4) is 0 Å². The fourth-order valence-corrected chi connectivity index (χ4v) is 4.59. The number of piperidine rings is 1. The molecule has 2 fully saturated rings. The Kier molecular flexibility index (Phi) is 5.57. The molecule has 7 heteroatoms. The number of aromatic hydroxyl groups is 1. The molecule has 0 aromatic heterocycles. The van der Waals surface area contributed by atoms with Crippen LogP contribution in [0.4, 0.5) is 4.79 Å². The summed E-state index contributed by atoms with van der Waals surface area (Å²) in [5.41, 5.74) is 0.513. The molecular weight excluding hydrogens is 356 g/mol. The third-order valence-corrected chi connectivity index (χ3v) is 5.49. The molecular formula is C21H32N4O3. The first kappa shape index (κ1) is 20.5. The molecule has 3 N–H and O–H groups in total. The van der Waals surface area contributed by atoms with Gasteiger partial charge in [0.05, 0.1) is 0 Å². The van der Waals surface area contributed by atoms with Crippen LogP contribution in [0.5, 0.6) is 5.75 Å². The SMILES string of the molecule is CC1(C)CC(NC(=O)N2CCN(C(=O)c3ccc(O)cc3)CC2)CC(C)(C)N1. The molecule has 0 saturated carbocycles. The number of carbonyl (C=O) groups excluding carboxylic acids is 2. The number of piperazine rings is 1. The van der Waals surface area contributed by atoms with Crippen LogP contribution in [0.2, 0.25) is 0 Å². The summed E-state index contributed by atoms with van der Waals surface area (Å²) >= 11 is 0. The van der Waals surface area contributed by atoms with E-state index in [1.165, 1.54) is 12.1 Å². The van der Waals surface area contributed by atoms with Crippen LogP contribution in [0.15, 0.2) is 24.3 Å². The van der Waals surface area contributed by atoms with E-state index < -0.39 is 0 Å². The Balaban J connectivity index is 1.52. The van der Waals surface area contributed by atoms with Crippen molar-refractivity contribution in [3.05, 3.63) is 29.8 Å². The second-order valence-electron chi connectivity index (χ2n) is 9.27. The molecule has 0 spiro atoms. The molecule has 2 saturated heterocycles. The molecule has 2 heterocycles. The third-order valence-electron chi connectivity index (χ3n) is 5.49. The zero-order valence-corrected chi connectivity index (χ0v) is 17.3. The highest BCUT2D eigenvalue weighted by Gasteiger charge is 2.38. The van der Waals surface area contributed by atoms with Gasteiger partial charge in [0.1, 0.15) is 5.75 Å². The van der Waals surface area contributed by atoms with Gasteiger partial charge in [0.25, 0.3) is 5.91 Å². The molecule has 0 radical (unpaired) electrons. The van der Waals surface area contributed by atoms with E-state index >= 15 is 0 Å². The van der Waals surface area contributed by atoms with Crippen LogP contribution in [0.25, 0.3) is 0 Å². The Morgan fingerprint density at radius 3 is 2.00 bits per heavy atom. The maximum atomic E-state index is 12.7. The second-order valence-corrected chi connectivity index (χ2v) is 9.27. The number of nitrogens with zero attached hydrogens (tertiary/aromatic N) is 2. The Morgan fingerprint density at radius 2 is 1.46 bits per heavy atom. The summed E-state index contributed by atoms with van der Waals surface area (Å²) in [5, 5.41) is 16.2. The summed E-state index contributed by atoms with van der Waals surface area (Å²) < 4.78 is 0. The van der Waals surface area contributed by atoms with Crippen molar-refractivity contribution in [3.8, 4) is 5.75 Å². The lowest BCUT2D eigenvalue weighted by Gasteiger charge is -2.47. The highest BCUT2D eigenvalue weighted by atomic mass is 16.3. The molecule has 0 bridgehead atoms. The molecule has 154 valence electrons. The van der Waals surface area contributed by atoms with Crippen molar-refractivity contribution in [2.45, 2.75) is 57.7 Å². The number of nitrogens with one attached hydrogen (secondary N) is 2. The Morgan fingerprint density at radius 1 is 0.964 bits per heavy atom. The fourth-order valence-electron chi connectivity index (χ4n) is 4.59. The minimum atomic E-state index is -0.0677. The molecule has 28 heavy (non-hydrogen) atoms. The Labute approximate surface area is 167 Å². The average molecular weight is 389 g/mol. The van der Waals surface area contributed by atoms with Gasteiger partial charge >= 0.3 is 6.03 Å². The number of amides is 3. The molecule has 3 amide bonds. The summed E-state index contributed by atoms with van der Waals surface area (Å²) in [6.45, 7) is 10.7. The summed E-state index contributed by atoms with van der Waals surface area (Å²) in [6.07, 6.45) is 1.78. The number of urea groups is 1. The first-order chi connectivity index (χ1) is 13.0. The molecule has 2 aliphatic rings. The van der Waals surface area contributed by atoms with Crippen molar-refractivity contribution < 1.29 is 14.7 Å². The van der Waals surface area contributed by atoms with E-state index in [1.807, 2.05) is 0 Å². The zero-order chi connectivity index (χ0) is 20.5. The lowest BCUT2D eigenvalue weighted by Crippen LogP contribution is -2.63. The van der Waals surface area contributed by atoms with Crippen LogP contribution < -0.4 is 10.6 Å². The molecule has 0 atom stereocenters. The van der Waals surface area contributed by atoms with E-state index in [-0.39, 0.29) is 34.8 Å². The number of rotatable bonds is 2. The van der Waals surface area contributed by atoms with Crippen LogP contribution in [0, 0.1) is 0 Å². The predicted octanol–water partition coefficient (Wildman–Crippen LogP) is 2.17. The first-order valence-electron chi connectivity index (χ1n) is 9.98. The number of phenolic OH excluding ortho intramolecular Hbond substituents is 1. The molecule has 1 aromatic rings. The lowest BCUT2D eigenvalue weighted by molar-refractivity contribution is 0.0657. The van der Waals surface area contributed by atoms with Gasteiger partial charge in [-0.25, -0.2) is 4.79 Å². The van der Waals surface area contributed by atoms with Gasteiger partial charge < -0.3 is 25.5 Å². The standard InChI is InChI=1S/C21H32N4O3/c1-20(2)13-16(14-21(3,4)23-20)22-19(28)25-11-9-24(10-12-25)18(27)15-5-7-17(26)8-6-15/h5-8,16,23,26H,9-14H2,1-4H3,(H,22,28). The summed E-state index contributed by atoms with van der Waals surface area (Å²) in [7, 11) is 0. The topological polar surface area (TPSA) is 84.9 Å². The van der Waals surface area contributed by atoms with Crippen LogP contribution in [-0.2, 0) is 0 Å². The molecule has 3 rings (SSSR count). The Bertz CT molecular complexity index is 706. The van der Waals surface area contributed by atoms with Gasteiger partial charge in [-0.3, -0.25) is 4.79 Å². The minimum absolute atomic E-state index is 0.0189. The van der Waals surface area contributed by atoms with E-state index in [0.29, 0.717) is 31.7 Å². The van der Waals surface area contributed by atoms with Gasteiger partial charge in [0.15, 0.2) is 0 Å². The zero-order valence-electron chi connectivity index (χ0n) is 17.3.